The van der Waals surface area contributed by atoms with E-state index in [1.807, 2.05) is 13.8 Å². The molecule has 2 aliphatic rings. The Hall–Kier alpha value is -0.600. The third-order valence-corrected chi connectivity index (χ3v) is 2.49. The van der Waals surface area contributed by atoms with Gasteiger partial charge in [0.15, 0.2) is 5.79 Å². The van der Waals surface area contributed by atoms with Gasteiger partial charge in [0.2, 0.25) is 0 Å². The summed E-state index contributed by atoms with van der Waals surface area (Å²) in [6, 6.07) is 0. The summed E-state index contributed by atoms with van der Waals surface area (Å²) in [6.45, 7) is 3.56. The van der Waals surface area contributed by atoms with E-state index >= 15 is 0 Å². The highest BCUT2D eigenvalue weighted by atomic mass is 16.8. The monoisotopic (exact) mass is 198 g/mol. The van der Waals surface area contributed by atoms with Gasteiger partial charge in [-0.2, -0.15) is 0 Å². The summed E-state index contributed by atoms with van der Waals surface area (Å²) in [7, 11) is 0. The van der Waals surface area contributed by atoms with Crippen LogP contribution in [0.4, 0.5) is 0 Å². The normalized spacial score (nSPS) is 44.7. The molecule has 2 fully saturated rings. The Kier molecular flexibility index (Phi) is 2.28. The molecule has 2 rings (SSSR count). The zero-order valence-corrected chi connectivity index (χ0v) is 8.27. The predicted molar refractivity (Wildman–Crippen MR) is 48.4 cm³/mol. The quantitative estimate of drug-likeness (QED) is 0.598. The largest absolute Gasteiger partial charge is 0.394 e. The Bertz CT molecular complexity index is 268. The van der Waals surface area contributed by atoms with Gasteiger partial charge in [-0.25, -0.2) is 0 Å². The van der Waals surface area contributed by atoms with Crippen molar-refractivity contribution in [2.45, 2.75) is 44.1 Å². The average molecular weight is 198 g/mol. The fraction of sp³-hybridized carbons (Fsp3) is 0.800. The van der Waals surface area contributed by atoms with E-state index in [-0.39, 0.29) is 24.9 Å². The van der Waals surface area contributed by atoms with E-state index in [1.54, 1.807) is 0 Å². The van der Waals surface area contributed by atoms with Crippen molar-refractivity contribution in [2.75, 3.05) is 6.61 Å². The maximum Gasteiger partial charge on any atom is 0.164 e. The average Bonchev–Trinajstić information content (AvgIpc) is 2.57. The van der Waals surface area contributed by atoms with Gasteiger partial charge >= 0.3 is 0 Å². The topological polar surface area (TPSA) is 47.9 Å². The zero-order chi connectivity index (χ0) is 10.3. The first-order chi connectivity index (χ1) is 6.57. The first-order valence-corrected chi connectivity index (χ1v) is 4.65. The third kappa shape index (κ3) is 1.43. The smallest absolute Gasteiger partial charge is 0.164 e. The van der Waals surface area contributed by atoms with Gasteiger partial charge in [0, 0.05) is 0 Å². The number of ether oxygens (including phenoxy) is 3. The van der Waals surface area contributed by atoms with Crippen LogP contribution >= 0.6 is 0 Å². The number of hydrogen-bond acceptors (Lipinski definition) is 4. The van der Waals surface area contributed by atoms with Crippen LogP contribution in [0.3, 0.4) is 0 Å². The predicted octanol–water partition coefficient (Wildman–Crippen LogP) is -0.101. The van der Waals surface area contributed by atoms with E-state index in [9.17, 15) is 0 Å². The Morgan fingerprint density at radius 3 is 2.57 bits per heavy atom. The molecule has 0 amide bonds. The van der Waals surface area contributed by atoms with E-state index in [1.165, 1.54) is 0 Å². The van der Waals surface area contributed by atoms with Gasteiger partial charge in [0.05, 0.1) is 6.61 Å². The molecular weight excluding hydrogens is 184 g/mol. The molecule has 4 heteroatoms. The third-order valence-electron chi connectivity index (χ3n) is 2.49. The molecule has 0 aromatic heterocycles. The molecule has 0 aliphatic carbocycles. The second kappa shape index (κ2) is 3.21. The molecule has 14 heavy (non-hydrogen) atoms. The summed E-state index contributed by atoms with van der Waals surface area (Å²) in [6.07, 6.45) is 4.00. The summed E-state index contributed by atoms with van der Waals surface area (Å²) >= 11 is 0. The van der Waals surface area contributed by atoms with E-state index in [4.69, 9.17) is 25.7 Å². The van der Waals surface area contributed by atoms with Crippen molar-refractivity contribution >= 4 is 0 Å². The fourth-order valence-corrected chi connectivity index (χ4v) is 1.96. The van der Waals surface area contributed by atoms with Crippen molar-refractivity contribution in [3.8, 4) is 12.3 Å². The maximum absolute atomic E-state index is 9.07. The van der Waals surface area contributed by atoms with Crippen LogP contribution in [0.25, 0.3) is 0 Å². The molecule has 2 aliphatic heterocycles. The van der Waals surface area contributed by atoms with Crippen LogP contribution < -0.4 is 0 Å². The van der Waals surface area contributed by atoms with Crippen LogP contribution in [0.1, 0.15) is 13.8 Å². The Balaban J connectivity index is 2.17. The van der Waals surface area contributed by atoms with Crippen molar-refractivity contribution in [3.05, 3.63) is 0 Å². The second-order valence-corrected chi connectivity index (χ2v) is 4.01. The van der Waals surface area contributed by atoms with Gasteiger partial charge in [-0.05, 0) is 13.8 Å². The standard InChI is InChI=1S/C10H14O4/c1-4-6-8-9(7(5-11)12-6)14-10(2,3)13-8/h1,6-9,11H,5H2,2-3H3/t6-,7+,8+,9-/m0/s1. The van der Waals surface area contributed by atoms with Crippen molar-refractivity contribution in [1.82, 2.24) is 0 Å². The van der Waals surface area contributed by atoms with E-state index in [0.29, 0.717) is 0 Å². The SMILES string of the molecule is C#C[C@@H]1O[C@H](CO)[C@@H]2OC(C)(C)O[C@@H]21. The van der Waals surface area contributed by atoms with Crippen LogP contribution in [0.2, 0.25) is 0 Å². The Labute approximate surface area is 83.1 Å². The Morgan fingerprint density at radius 2 is 2.00 bits per heavy atom. The lowest BCUT2D eigenvalue weighted by molar-refractivity contribution is -0.184. The summed E-state index contributed by atoms with van der Waals surface area (Å²) in [4.78, 5) is 0. The highest BCUT2D eigenvalue weighted by Gasteiger charge is 2.54. The van der Waals surface area contributed by atoms with E-state index in [0.717, 1.165) is 0 Å². The molecule has 78 valence electrons. The van der Waals surface area contributed by atoms with Gasteiger partial charge in [0.25, 0.3) is 0 Å². The minimum Gasteiger partial charge on any atom is -0.394 e. The van der Waals surface area contributed by atoms with Crippen molar-refractivity contribution in [1.29, 1.82) is 0 Å². The minimum absolute atomic E-state index is 0.0984. The fourth-order valence-electron chi connectivity index (χ4n) is 1.96. The molecular formula is C10H14O4. The van der Waals surface area contributed by atoms with Crippen LogP contribution in [-0.4, -0.2) is 41.9 Å². The summed E-state index contributed by atoms with van der Waals surface area (Å²) in [5, 5.41) is 9.07. The van der Waals surface area contributed by atoms with Gasteiger partial charge in [0.1, 0.15) is 24.4 Å². The number of aliphatic hydroxyl groups is 1. The molecule has 0 radical (unpaired) electrons. The van der Waals surface area contributed by atoms with Gasteiger partial charge in [-0.15, -0.1) is 6.42 Å². The number of aliphatic hydroxyl groups excluding tert-OH is 1. The molecule has 4 atom stereocenters. The Morgan fingerprint density at radius 1 is 1.36 bits per heavy atom. The minimum atomic E-state index is -0.637. The summed E-state index contributed by atoms with van der Waals surface area (Å²) in [5.41, 5.74) is 0. The number of hydrogen-bond donors (Lipinski definition) is 1. The molecule has 0 spiro atoms. The second-order valence-electron chi connectivity index (χ2n) is 4.01. The van der Waals surface area contributed by atoms with E-state index in [2.05, 4.69) is 5.92 Å². The lowest BCUT2D eigenvalue weighted by atomic mass is 10.1. The highest BCUT2D eigenvalue weighted by molar-refractivity contribution is 5.10. The highest BCUT2D eigenvalue weighted by Crippen LogP contribution is 2.38. The lowest BCUT2D eigenvalue weighted by Crippen LogP contribution is -2.31. The van der Waals surface area contributed by atoms with Gasteiger partial charge in [-0.3, -0.25) is 0 Å². The van der Waals surface area contributed by atoms with Crippen molar-refractivity contribution < 1.29 is 19.3 Å². The van der Waals surface area contributed by atoms with Crippen LogP contribution in [0, 0.1) is 12.3 Å². The van der Waals surface area contributed by atoms with E-state index < -0.39 is 11.9 Å². The molecule has 0 bridgehead atoms. The maximum atomic E-state index is 9.07. The first-order valence-electron chi connectivity index (χ1n) is 4.65. The molecule has 0 unspecified atom stereocenters. The molecule has 0 aromatic rings. The van der Waals surface area contributed by atoms with Crippen molar-refractivity contribution in [2.24, 2.45) is 0 Å². The van der Waals surface area contributed by atoms with Crippen LogP contribution in [-0.2, 0) is 14.2 Å². The molecule has 1 N–H and O–H groups in total. The zero-order valence-electron chi connectivity index (χ0n) is 8.27. The molecule has 2 saturated heterocycles. The lowest BCUT2D eigenvalue weighted by Gasteiger charge is -2.21. The first kappa shape index (κ1) is 9.94. The summed E-state index contributed by atoms with van der Waals surface area (Å²) in [5.74, 6) is 1.86. The van der Waals surface area contributed by atoms with Crippen molar-refractivity contribution in [3.63, 3.8) is 0 Å². The number of terminal acetylenes is 1. The number of rotatable bonds is 1. The molecule has 2 heterocycles. The number of fused-ring (bicyclic) bond motifs is 1. The molecule has 4 nitrogen and oxygen atoms in total. The summed E-state index contributed by atoms with van der Waals surface area (Å²) < 4.78 is 16.6. The van der Waals surface area contributed by atoms with Gasteiger partial charge in [-0.1, -0.05) is 5.92 Å². The van der Waals surface area contributed by atoms with Crippen LogP contribution in [0.5, 0.6) is 0 Å². The van der Waals surface area contributed by atoms with Crippen LogP contribution in [0.15, 0.2) is 0 Å². The molecule has 0 aromatic carbocycles. The van der Waals surface area contributed by atoms with Gasteiger partial charge < -0.3 is 19.3 Å². The molecule has 0 saturated carbocycles.